The largest absolute Gasteiger partial charge is 0.411 e. The van der Waals surface area contributed by atoms with Crippen LogP contribution in [0.5, 0.6) is 0 Å². The predicted molar refractivity (Wildman–Crippen MR) is 98.7 cm³/mol. The molecule has 0 saturated heterocycles. The van der Waals surface area contributed by atoms with Crippen LogP contribution in [0.1, 0.15) is 20.9 Å². The molecule has 1 amide bonds. The fraction of sp³-hybridized carbons (Fsp3) is 0.211. The summed E-state index contributed by atoms with van der Waals surface area (Å²) >= 11 is 1.44. The highest BCUT2D eigenvalue weighted by Crippen LogP contribution is 2.21. The molecule has 28 heavy (non-hydrogen) atoms. The van der Waals surface area contributed by atoms with E-state index in [1.807, 2.05) is 17.5 Å². The molecule has 1 N–H and O–H groups in total. The zero-order valence-corrected chi connectivity index (χ0v) is 15.4. The summed E-state index contributed by atoms with van der Waals surface area (Å²) in [7, 11) is 0. The highest BCUT2D eigenvalue weighted by atomic mass is 32.1. The summed E-state index contributed by atoms with van der Waals surface area (Å²) in [5.41, 5.74) is 2.74. The number of ether oxygens (including phenoxy) is 1. The summed E-state index contributed by atoms with van der Waals surface area (Å²) in [6.07, 6.45) is -0.977. The average molecular weight is 407 g/mol. The Labute approximate surface area is 163 Å². The molecule has 0 spiro atoms. The lowest BCUT2D eigenvalue weighted by Gasteiger charge is -2.08. The van der Waals surface area contributed by atoms with Crippen LogP contribution >= 0.6 is 11.3 Å². The molecule has 3 rings (SSSR count). The number of hydrogen-bond donors (Lipinski definition) is 1. The molecule has 5 nitrogen and oxygen atoms in total. The van der Waals surface area contributed by atoms with Crippen LogP contribution in [0.4, 0.5) is 13.2 Å². The van der Waals surface area contributed by atoms with Gasteiger partial charge in [-0.15, -0.1) is 11.3 Å². The van der Waals surface area contributed by atoms with Gasteiger partial charge in [-0.2, -0.15) is 13.2 Å². The smallest absolute Gasteiger partial charge is 0.367 e. The van der Waals surface area contributed by atoms with Gasteiger partial charge in [-0.3, -0.25) is 9.78 Å². The first-order valence-electron chi connectivity index (χ1n) is 8.27. The SMILES string of the molecule is O=C(NCc1nc(-c2ccncc2)cs1)c1ccc(COCC(F)(F)F)cc1. The molecule has 0 saturated carbocycles. The maximum Gasteiger partial charge on any atom is 0.411 e. The van der Waals surface area contributed by atoms with Crippen molar-refractivity contribution in [2.24, 2.45) is 0 Å². The van der Waals surface area contributed by atoms with E-state index < -0.39 is 12.8 Å². The van der Waals surface area contributed by atoms with E-state index in [1.54, 1.807) is 36.7 Å². The van der Waals surface area contributed by atoms with Crippen LogP contribution in [0.2, 0.25) is 0 Å². The van der Waals surface area contributed by atoms with Gasteiger partial charge >= 0.3 is 6.18 Å². The summed E-state index contributed by atoms with van der Waals surface area (Å²) < 4.78 is 40.8. The van der Waals surface area contributed by atoms with E-state index in [1.165, 1.54) is 11.3 Å². The van der Waals surface area contributed by atoms with Gasteiger partial charge in [0, 0.05) is 28.9 Å². The molecule has 2 heterocycles. The Bertz CT molecular complexity index is 912. The zero-order chi connectivity index (χ0) is 20.0. The lowest BCUT2D eigenvalue weighted by Crippen LogP contribution is -2.22. The van der Waals surface area contributed by atoms with E-state index in [9.17, 15) is 18.0 Å². The number of carbonyl (C=O) groups is 1. The van der Waals surface area contributed by atoms with Crippen molar-refractivity contribution in [3.63, 3.8) is 0 Å². The maximum atomic E-state index is 12.2. The number of alkyl halides is 3. The molecule has 0 atom stereocenters. The van der Waals surface area contributed by atoms with Gasteiger partial charge in [0.1, 0.15) is 11.6 Å². The van der Waals surface area contributed by atoms with E-state index in [-0.39, 0.29) is 19.1 Å². The van der Waals surface area contributed by atoms with E-state index in [4.69, 9.17) is 0 Å². The van der Waals surface area contributed by atoms with Crippen LogP contribution in [-0.2, 0) is 17.9 Å². The summed E-state index contributed by atoms with van der Waals surface area (Å²) in [5.74, 6) is -0.288. The van der Waals surface area contributed by atoms with Crippen molar-refractivity contribution >= 4 is 17.2 Å². The van der Waals surface area contributed by atoms with Crippen molar-refractivity contribution in [1.82, 2.24) is 15.3 Å². The van der Waals surface area contributed by atoms with Crippen molar-refractivity contribution in [3.8, 4) is 11.3 Å². The van der Waals surface area contributed by atoms with E-state index >= 15 is 0 Å². The number of nitrogens with one attached hydrogen (secondary N) is 1. The molecule has 146 valence electrons. The molecule has 0 aliphatic heterocycles. The number of benzene rings is 1. The molecular formula is C19H16F3N3O2S. The number of nitrogens with zero attached hydrogens (tertiary/aromatic N) is 2. The second-order valence-electron chi connectivity index (χ2n) is 5.85. The van der Waals surface area contributed by atoms with Crippen LogP contribution in [-0.4, -0.2) is 28.7 Å². The first-order chi connectivity index (χ1) is 13.4. The number of amides is 1. The van der Waals surface area contributed by atoms with Gasteiger partial charge in [0.25, 0.3) is 5.91 Å². The van der Waals surface area contributed by atoms with E-state index in [0.717, 1.165) is 16.3 Å². The second-order valence-corrected chi connectivity index (χ2v) is 6.79. The van der Waals surface area contributed by atoms with Gasteiger partial charge in [-0.05, 0) is 29.8 Å². The van der Waals surface area contributed by atoms with Gasteiger partial charge in [0.05, 0.1) is 18.8 Å². The number of rotatable bonds is 7. The summed E-state index contributed by atoms with van der Waals surface area (Å²) in [6.45, 7) is -1.19. The Balaban J connectivity index is 1.50. The van der Waals surface area contributed by atoms with Crippen molar-refractivity contribution in [2.75, 3.05) is 6.61 Å². The Morgan fingerprint density at radius 1 is 1.11 bits per heavy atom. The third-order valence-electron chi connectivity index (χ3n) is 3.68. The summed E-state index contributed by atoms with van der Waals surface area (Å²) in [6, 6.07) is 9.94. The normalized spacial score (nSPS) is 11.4. The Morgan fingerprint density at radius 3 is 2.50 bits per heavy atom. The molecule has 0 fully saturated rings. The van der Waals surface area contributed by atoms with Gasteiger partial charge in [-0.1, -0.05) is 12.1 Å². The van der Waals surface area contributed by atoms with Gasteiger partial charge in [0.15, 0.2) is 0 Å². The van der Waals surface area contributed by atoms with Crippen molar-refractivity contribution in [2.45, 2.75) is 19.3 Å². The van der Waals surface area contributed by atoms with Crippen LogP contribution in [0.3, 0.4) is 0 Å². The number of pyridine rings is 1. The zero-order valence-electron chi connectivity index (χ0n) is 14.6. The van der Waals surface area contributed by atoms with Crippen LogP contribution in [0.15, 0.2) is 54.2 Å². The van der Waals surface area contributed by atoms with Gasteiger partial charge < -0.3 is 10.1 Å². The highest BCUT2D eigenvalue weighted by molar-refractivity contribution is 7.09. The molecule has 0 radical (unpaired) electrons. The van der Waals surface area contributed by atoms with Crippen LogP contribution < -0.4 is 5.32 Å². The topological polar surface area (TPSA) is 64.1 Å². The third-order valence-corrected chi connectivity index (χ3v) is 4.53. The van der Waals surface area contributed by atoms with E-state index in [2.05, 4.69) is 20.0 Å². The van der Waals surface area contributed by atoms with E-state index in [0.29, 0.717) is 11.1 Å². The first-order valence-corrected chi connectivity index (χ1v) is 9.15. The number of carbonyl (C=O) groups excluding carboxylic acids is 1. The molecule has 0 aliphatic rings. The lowest BCUT2D eigenvalue weighted by atomic mass is 10.1. The highest BCUT2D eigenvalue weighted by Gasteiger charge is 2.27. The minimum atomic E-state index is -4.35. The molecular weight excluding hydrogens is 391 g/mol. The van der Waals surface area contributed by atoms with Crippen LogP contribution in [0, 0.1) is 0 Å². The molecule has 0 aliphatic carbocycles. The quantitative estimate of drug-likeness (QED) is 0.637. The number of halogens is 3. The lowest BCUT2D eigenvalue weighted by molar-refractivity contribution is -0.176. The fourth-order valence-electron chi connectivity index (χ4n) is 2.34. The minimum absolute atomic E-state index is 0.168. The third kappa shape index (κ3) is 5.86. The Hall–Kier alpha value is -2.78. The van der Waals surface area contributed by atoms with Crippen LogP contribution in [0.25, 0.3) is 11.3 Å². The second kappa shape index (κ2) is 8.94. The standard InChI is InChI=1S/C19H16F3N3O2S/c20-19(21,22)12-27-10-13-1-3-15(4-2-13)18(26)24-9-17-25-16(11-28-17)14-5-7-23-8-6-14/h1-8,11H,9-10,12H2,(H,24,26). The Kier molecular flexibility index (Phi) is 6.37. The van der Waals surface area contributed by atoms with Crippen molar-refractivity contribution < 1.29 is 22.7 Å². The number of thiazole rings is 1. The van der Waals surface area contributed by atoms with Gasteiger partial charge in [-0.25, -0.2) is 4.98 Å². The molecule has 0 bridgehead atoms. The molecule has 9 heteroatoms. The average Bonchev–Trinajstić information content (AvgIpc) is 3.15. The monoisotopic (exact) mass is 407 g/mol. The predicted octanol–water partition coefficient (Wildman–Crippen LogP) is 4.21. The molecule has 1 aromatic carbocycles. The Morgan fingerprint density at radius 2 is 1.82 bits per heavy atom. The number of aromatic nitrogens is 2. The first kappa shape index (κ1) is 20.0. The molecule has 0 unspecified atom stereocenters. The van der Waals surface area contributed by atoms with Crippen molar-refractivity contribution in [3.05, 3.63) is 70.3 Å². The maximum absolute atomic E-state index is 12.2. The summed E-state index contributed by atoms with van der Waals surface area (Å²) in [4.78, 5) is 20.7. The fourth-order valence-corrected chi connectivity index (χ4v) is 3.09. The van der Waals surface area contributed by atoms with Gasteiger partial charge in [0.2, 0.25) is 0 Å². The molecule has 2 aromatic heterocycles. The molecule has 3 aromatic rings. The number of hydrogen-bond acceptors (Lipinski definition) is 5. The summed E-state index contributed by atoms with van der Waals surface area (Å²) in [5, 5.41) is 5.45. The van der Waals surface area contributed by atoms with Crippen molar-refractivity contribution in [1.29, 1.82) is 0 Å². The minimum Gasteiger partial charge on any atom is -0.367 e.